The minimum Gasteiger partial charge on any atom is -0.312 e. The highest BCUT2D eigenvalue weighted by atomic mass is 32.1. The molecule has 0 unspecified atom stereocenters. The van der Waals surface area contributed by atoms with Gasteiger partial charge >= 0.3 is 0 Å². The standard InChI is InChI=1S/C38H26N4S/c1-4-10-25(11-5-1)34-20-21-35(43-34)26-16-18-32-30(22-26)29-17-19-33-36(37(29)41(32)27-12-6-2-7-13-27)31-23-39-24-40-38(31)42(33)28-14-8-3-9-15-28/h1-6,8-12,14-24H,7,13H2. The highest BCUT2D eigenvalue weighted by Gasteiger charge is 2.22. The first kappa shape index (κ1) is 24.3. The fourth-order valence-electron chi connectivity index (χ4n) is 6.66. The number of allylic oxidation sites excluding steroid dienone is 4. The molecule has 0 N–H and O–H groups in total. The van der Waals surface area contributed by atoms with Crippen molar-refractivity contribution in [1.29, 1.82) is 0 Å². The van der Waals surface area contributed by atoms with E-state index in [4.69, 9.17) is 4.98 Å². The lowest BCUT2D eigenvalue weighted by atomic mass is 10.1. The van der Waals surface area contributed by atoms with Crippen LogP contribution in [0.1, 0.15) is 12.8 Å². The maximum absolute atomic E-state index is 4.80. The van der Waals surface area contributed by atoms with Crippen molar-refractivity contribution < 1.29 is 0 Å². The normalized spacial score (nSPS) is 13.4. The van der Waals surface area contributed by atoms with Crippen LogP contribution in [0, 0.1) is 0 Å². The van der Waals surface area contributed by atoms with Gasteiger partial charge in [0.15, 0.2) is 0 Å². The summed E-state index contributed by atoms with van der Waals surface area (Å²) < 4.78 is 4.76. The van der Waals surface area contributed by atoms with E-state index in [1.807, 2.05) is 17.5 Å². The monoisotopic (exact) mass is 570 g/mol. The third kappa shape index (κ3) is 3.75. The molecule has 43 heavy (non-hydrogen) atoms. The Morgan fingerprint density at radius 2 is 1.47 bits per heavy atom. The molecule has 0 bridgehead atoms. The van der Waals surface area contributed by atoms with Crippen LogP contribution < -0.4 is 0 Å². The summed E-state index contributed by atoms with van der Waals surface area (Å²) in [7, 11) is 0. The fraction of sp³-hybridized carbons (Fsp3) is 0.0526. The zero-order chi connectivity index (χ0) is 28.3. The molecule has 0 amide bonds. The molecule has 0 saturated heterocycles. The van der Waals surface area contributed by atoms with Gasteiger partial charge < -0.3 is 4.57 Å². The number of benzene rings is 4. The first-order chi connectivity index (χ1) is 21.3. The molecule has 1 aliphatic rings. The van der Waals surface area contributed by atoms with Crippen molar-refractivity contribution in [2.24, 2.45) is 0 Å². The highest BCUT2D eigenvalue weighted by molar-refractivity contribution is 7.18. The summed E-state index contributed by atoms with van der Waals surface area (Å²) >= 11 is 1.85. The van der Waals surface area contributed by atoms with E-state index in [1.165, 1.54) is 53.8 Å². The minimum absolute atomic E-state index is 0.922. The molecule has 0 spiro atoms. The van der Waals surface area contributed by atoms with Crippen molar-refractivity contribution in [1.82, 2.24) is 19.1 Å². The smallest absolute Gasteiger partial charge is 0.149 e. The molecular formula is C38H26N4S. The summed E-state index contributed by atoms with van der Waals surface area (Å²) in [5.41, 5.74) is 9.41. The van der Waals surface area contributed by atoms with Crippen molar-refractivity contribution in [3.05, 3.63) is 134 Å². The molecule has 9 rings (SSSR count). The number of hydrogen-bond acceptors (Lipinski definition) is 3. The van der Waals surface area contributed by atoms with Crippen LogP contribution >= 0.6 is 11.3 Å². The molecule has 4 heterocycles. The fourth-order valence-corrected chi connectivity index (χ4v) is 7.67. The highest BCUT2D eigenvalue weighted by Crippen LogP contribution is 2.44. The predicted molar refractivity (Wildman–Crippen MR) is 181 cm³/mol. The number of thiophene rings is 1. The van der Waals surface area contributed by atoms with E-state index in [1.54, 1.807) is 6.33 Å². The van der Waals surface area contributed by atoms with Crippen LogP contribution in [0.3, 0.4) is 0 Å². The molecule has 4 aromatic carbocycles. The van der Waals surface area contributed by atoms with Gasteiger partial charge in [0.25, 0.3) is 0 Å². The van der Waals surface area contributed by atoms with E-state index in [2.05, 4.69) is 135 Å². The summed E-state index contributed by atoms with van der Waals surface area (Å²) in [6.45, 7) is 0. The number of nitrogens with zero attached hydrogens (tertiary/aromatic N) is 4. The third-order valence-corrected chi connectivity index (χ3v) is 9.75. The second kappa shape index (κ2) is 9.65. The number of hydrogen-bond donors (Lipinski definition) is 0. The van der Waals surface area contributed by atoms with Crippen LogP contribution in [0.2, 0.25) is 0 Å². The van der Waals surface area contributed by atoms with E-state index in [-0.39, 0.29) is 0 Å². The molecule has 0 aliphatic heterocycles. The Labute approximate surface area is 252 Å². The Balaban J connectivity index is 1.36. The van der Waals surface area contributed by atoms with Crippen molar-refractivity contribution in [2.75, 3.05) is 0 Å². The maximum atomic E-state index is 4.80. The Morgan fingerprint density at radius 3 is 2.28 bits per heavy atom. The summed E-state index contributed by atoms with van der Waals surface area (Å²) in [4.78, 5) is 11.9. The van der Waals surface area contributed by atoms with Gasteiger partial charge in [-0.1, -0.05) is 72.8 Å². The lowest BCUT2D eigenvalue weighted by Gasteiger charge is -2.15. The minimum atomic E-state index is 0.922. The zero-order valence-corrected chi connectivity index (χ0v) is 24.1. The largest absolute Gasteiger partial charge is 0.312 e. The van der Waals surface area contributed by atoms with Crippen LogP contribution in [-0.2, 0) is 0 Å². The molecule has 1 aliphatic carbocycles. The molecule has 0 atom stereocenters. The van der Waals surface area contributed by atoms with E-state index in [0.29, 0.717) is 0 Å². The van der Waals surface area contributed by atoms with Crippen molar-refractivity contribution in [3.8, 4) is 26.6 Å². The van der Waals surface area contributed by atoms with Crippen molar-refractivity contribution in [3.63, 3.8) is 0 Å². The van der Waals surface area contributed by atoms with Gasteiger partial charge in [-0.2, -0.15) is 0 Å². The van der Waals surface area contributed by atoms with Gasteiger partial charge in [-0.3, -0.25) is 4.57 Å². The molecule has 204 valence electrons. The first-order valence-corrected chi connectivity index (χ1v) is 15.5. The molecule has 4 nitrogen and oxygen atoms in total. The van der Waals surface area contributed by atoms with Crippen molar-refractivity contribution >= 4 is 60.8 Å². The average molecular weight is 571 g/mol. The van der Waals surface area contributed by atoms with E-state index in [9.17, 15) is 0 Å². The molecule has 0 saturated carbocycles. The van der Waals surface area contributed by atoms with Gasteiger partial charge in [-0.15, -0.1) is 11.3 Å². The maximum Gasteiger partial charge on any atom is 0.149 e. The molecular weight excluding hydrogens is 545 g/mol. The van der Waals surface area contributed by atoms with Gasteiger partial charge in [0, 0.05) is 48.9 Å². The van der Waals surface area contributed by atoms with Crippen molar-refractivity contribution in [2.45, 2.75) is 12.8 Å². The quantitative estimate of drug-likeness (QED) is 0.211. The van der Waals surface area contributed by atoms with Gasteiger partial charge in [-0.05, 0) is 72.5 Å². The number of para-hydroxylation sites is 1. The number of rotatable bonds is 4. The summed E-state index contributed by atoms with van der Waals surface area (Å²) in [5, 5.41) is 4.76. The topological polar surface area (TPSA) is 35.6 Å². The zero-order valence-electron chi connectivity index (χ0n) is 23.3. The van der Waals surface area contributed by atoms with E-state index in [0.717, 1.165) is 35.1 Å². The number of fused-ring (bicyclic) bond motifs is 7. The lowest BCUT2D eigenvalue weighted by molar-refractivity contribution is 0.980. The second-order valence-corrected chi connectivity index (χ2v) is 12.1. The van der Waals surface area contributed by atoms with Gasteiger partial charge in [0.2, 0.25) is 0 Å². The van der Waals surface area contributed by atoms with Crippen LogP contribution in [0.4, 0.5) is 0 Å². The van der Waals surface area contributed by atoms with Crippen LogP contribution in [0.5, 0.6) is 0 Å². The third-order valence-electron chi connectivity index (χ3n) is 8.56. The lowest BCUT2D eigenvalue weighted by Crippen LogP contribution is -1.99. The molecule has 5 heteroatoms. The second-order valence-electron chi connectivity index (χ2n) is 11.0. The van der Waals surface area contributed by atoms with Crippen LogP contribution in [0.15, 0.2) is 134 Å². The Morgan fingerprint density at radius 1 is 0.674 bits per heavy atom. The molecule has 0 fully saturated rings. The van der Waals surface area contributed by atoms with Crippen LogP contribution in [0.25, 0.3) is 76.0 Å². The van der Waals surface area contributed by atoms with E-state index >= 15 is 0 Å². The SMILES string of the molecule is C1=CCCC(n2c3ccc(-c4ccc(-c5ccccc5)s4)cc3c3ccc4c(c5cncnc5n4-c4ccccc4)c32)=C1. The van der Waals surface area contributed by atoms with Gasteiger partial charge in [-0.25, -0.2) is 9.97 Å². The first-order valence-electron chi connectivity index (χ1n) is 14.6. The summed E-state index contributed by atoms with van der Waals surface area (Å²) in [6, 6.07) is 37.2. The Kier molecular flexibility index (Phi) is 5.46. The van der Waals surface area contributed by atoms with Gasteiger partial charge in [0.1, 0.15) is 12.0 Å². The molecule has 0 radical (unpaired) electrons. The van der Waals surface area contributed by atoms with Crippen LogP contribution in [-0.4, -0.2) is 19.1 Å². The Bertz CT molecular complexity index is 2390. The van der Waals surface area contributed by atoms with E-state index < -0.39 is 0 Å². The number of aromatic nitrogens is 4. The predicted octanol–water partition coefficient (Wildman–Crippen LogP) is 10.3. The molecule has 8 aromatic rings. The Hall–Kier alpha value is -5.26. The summed E-state index contributed by atoms with van der Waals surface area (Å²) in [6.07, 6.45) is 12.4. The van der Waals surface area contributed by atoms with Gasteiger partial charge in [0.05, 0.1) is 16.6 Å². The average Bonchev–Trinajstić information content (AvgIpc) is 3.79. The molecule has 4 aromatic heterocycles. The summed E-state index contributed by atoms with van der Waals surface area (Å²) in [5.74, 6) is 0.